The first-order chi connectivity index (χ1) is 8.19. The molecule has 0 saturated carbocycles. The Bertz CT molecular complexity index is 533. The van der Waals surface area contributed by atoms with Gasteiger partial charge in [0.2, 0.25) is 5.95 Å². The average molecular weight is 250 g/mol. The predicted octanol–water partition coefficient (Wildman–Crippen LogP) is 2.36. The van der Waals surface area contributed by atoms with E-state index in [4.69, 9.17) is 5.84 Å². The first kappa shape index (κ1) is 11.8. The average Bonchev–Trinajstić information content (AvgIpc) is 2.32. The fourth-order valence-electron chi connectivity index (χ4n) is 1.28. The number of halogens is 1. The normalized spacial score (nSPS) is 10.3. The molecule has 6 heteroatoms. The molecule has 0 saturated heterocycles. The van der Waals surface area contributed by atoms with Crippen LogP contribution in [0.15, 0.2) is 40.4 Å². The van der Waals surface area contributed by atoms with E-state index in [0.717, 1.165) is 16.7 Å². The third-order valence-electron chi connectivity index (χ3n) is 2.05. The molecule has 1 heterocycles. The molecule has 1 aromatic heterocycles. The minimum Gasteiger partial charge on any atom is -0.292 e. The Kier molecular flexibility index (Phi) is 3.55. The van der Waals surface area contributed by atoms with E-state index in [9.17, 15) is 4.39 Å². The number of rotatable bonds is 3. The number of nitrogens with two attached hydrogens (primary N) is 1. The predicted molar refractivity (Wildman–Crippen MR) is 65.1 cm³/mol. The fraction of sp³-hybridized carbons (Fsp3) is 0.0909. The van der Waals surface area contributed by atoms with Crippen molar-refractivity contribution in [1.82, 2.24) is 9.97 Å². The highest BCUT2D eigenvalue weighted by molar-refractivity contribution is 7.99. The van der Waals surface area contributed by atoms with Crippen LogP contribution in [0.3, 0.4) is 0 Å². The lowest BCUT2D eigenvalue weighted by molar-refractivity contribution is 0.580. The van der Waals surface area contributed by atoms with Crippen molar-refractivity contribution in [3.63, 3.8) is 0 Å². The van der Waals surface area contributed by atoms with Gasteiger partial charge in [-0.1, -0.05) is 29.5 Å². The topological polar surface area (TPSA) is 63.8 Å². The van der Waals surface area contributed by atoms with Crippen LogP contribution in [0.4, 0.5) is 10.3 Å². The Morgan fingerprint density at radius 1 is 1.41 bits per heavy atom. The SMILES string of the molecule is Cc1cccc(Sc2nc(NN)ncc2F)c1. The van der Waals surface area contributed by atoms with Gasteiger partial charge < -0.3 is 0 Å². The molecular formula is C11H11FN4S. The molecule has 0 aliphatic carbocycles. The zero-order valence-electron chi connectivity index (χ0n) is 9.14. The van der Waals surface area contributed by atoms with Crippen LogP contribution in [-0.2, 0) is 0 Å². The van der Waals surface area contributed by atoms with Gasteiger partial charge in [-0.15, -0.1) is 0 Å². The van der Waals surface area contributed by atoms with Crippen molar-refractivity contribution in [2.24, 2.45) is 5.84 Å². The van der Waals surface area contributed by atoms with E-state index < -0.39 is 5.82 Å². The molecule has 0 aliphatic rings. The number of hydrogen-bond donors (Lipinski definition) is 2. The standard InChI is InChI=1S/C11H11FN4S/c1-7-3-2-4-8(5-7)17-10-9(12)6-14-11(15-10)16-13/h2-6H,13H2,1H3,(H,14,15,16). The molecule has 0 amide bonds. The maximum atomic E-state index is 13.5. The second-order valence-electron chi connectivity index (χ2n) is 3.41. The Balaban J connectivity index is 2.29. The second kappa shape index (κ2) is 5.11. The van der Waals surface area contributed by atoms with Crippen molar-refractivity contribution in [3.05, 3.63) is 41.8 Å². The van der Waals surface area contributed by atoms with Gasteiger partial charge in [-0.25, -0.2) is 20.2 Å². The molecule has 0 aliphatic heterocycles. The van der Waals surface area contributed by atoms with Gasteiger partial charge >= 0.3 is 0 Å². The fourth-order valence-corrected chi connectivity index (χ4v) is 2.18. The molecule has 17 heavy (non-hydrogen) atoms. The third kappa shape index (κ3) is 2.92. The molecule has 0 radical (unpaired) electrons. The molecule has 88 valence electrons. The quantitative estimate of drug-likeness (QED) is 0.497. The molecule has 2 rings (SSSR count). The number of nitrogens with zero attached hydrogens (tertiary/aromatic N) is 2. The van der Waals surface area contributed by atoms with Crippen LogP contribution in [0, 0.1) is 12.7 Å². The van der Waals surface area contributed by atoms with Gasteiger partial charge in [0.15, 0.2) is 5.82 Å². The maximum absolute atomic E-state index is 13.5. The zero-order chi connectivity index (χ0) is 12.3. The van der Waals surface area contributed by atoms with Gasteiger partial charge in [0.1, 0.15) is 5.03 Å². The number of nitrogens with one attached hydrogen (secondary N) is 1. The van der Waals surface area contributed by atoms with Crippen molar-refractivity contribution in [2.75, 3.05) is 5.43 Å². The van der Waals surface area contributed by atoms with Gasteiger partial charge in [-0.2, -0.15) is 0 Å². The van der Waals surface area contributed by atoms with Crippen LogP contribution in [0.1, 0.15) is 5.56 Å². The Morgan fingerprint density at radius 2 is 2.24 bits per heavy atom. The summed E-state index contributed by atoms with van der Waals surface area (Å²) < 4.78 is 13.5. The van der Waals surface area contributed by atoms with Crippen LogP contribution in [0.2, 0.25) is 0 Å². The van der Waals surface area contributed by atoms with E-state index in [2.05, 4.69) is 15.4 Å². The van der Waals surface area contributed by atoms with E-state index in [1.165, 1.54) is 11.8 Å². The van der Waals surface area contributed by atoms with E-state index in [1.807, 2.05) is 31.2 Å². The summed E-state index contributed by atoms with van der Waals surface area (Å²) in [6.07, 6.45) is 1.10. The van der Waals surface area contributed by atoms with Crippen LogP contribution >= 0.6 is 11.8 Å². The molecule has 4 nitrogen and oxygen atoms in total. The molecule has 3 N–H and O–H groups in total. The zero-order valence-corrected chi connectivity index (χ0v) is 9.96. The summed E-state index contributed by atoms with van der Waals surface area (Å²) in [5.41, 5.74) is 3.40. The lowest BCUT2D eigenvalue weighted by Crippen LogP contribution is -2.11. The van der Waals surface area contributed by atoms with Crippen molar-refractivity contribution in [1.29, 1.82) is 0 Å². The summed E-state index contributed by atoms with van der Waals surface area (Å²) in [5.74, 6) is 4.91. The van der Waals surface area contributed by atoms with Crippen molar-refractivity contribution in [2.45, 2.75) is 16.8 Å². The smallest absolute Gasteiger partial charge is 0.238 e. The lowest BCUT2D eigenvalue weighted by atomic mass is 10.2. The van der Waals surface area contributed by atoms with Gasteiger partial charge in [-0.3, -0.25) is 5.43 Å². The van der Waals surface area contributed by atoms with Gasteiger partial charge in [0.25, 0.3) is 0 Å². The summed E-state index contributed by atoms with van der Waals surface area (Å²) in [4.78, 5) is 8.56. The Labute approximate surface area is 102 Å². The number of aryl methyl sites for hydroxylation is 1. The van der Waals surface area contributed by atoms with Crippen LogP contribution in [0.25, 0.3) is 0 Å². The molecule has 2 aromatic rings. The van der Waals surface area contributed by atoms with Crippen molar-refractivity contribution >= 4 is 17.7 Å². The number of aromatic nitrogens is 2. The van der Waals surface area contributed by atoms with E-state index in [1.54, 1.807) is 0 Å². The number of anilines is 1. The van der Waals surface area contributed by atoms with Gasteiger partial charge in [0.05, 0.1) is 6.20 Å². The largest absolute Gasteiger partial charge is 0.292 e. The highest BCUT2D eigenvalue weighted by atomic mass is 32.2. The van der Waals surface area contributed by atoms with Crippen LogP contribution in [0.5, 0.6) is 0 Å². The molecule has 0 spiro atoms. The molecule has 0 bridgehead atoms. The third-order valence-corrected chi connectivity index (χ3v) is 3.01. The summed E-state index contributed by atoms with van der Waals surface area (Å²) in [6.45, 7) is 1.98. The van der Waals surface area contributed by atoms with Crippen molar-refractivity contribution in [3.8, 4) is 0 Å². The Morgan fingerprint density at radius 3 is 2.94 bits per heavy atom. The highest BCUT2D eigenvalue weighted by Crippen LogP contribution is 2.28. The molecule has 0 fully saturated rings. The minimum atomic E-state index is -0.462. The molecule has 0 unspecified atom stereocenters. The van der Waals surface area contributed by atoms with Gasteiger partial charge in [-0.05, 0) is 19.1 Å². The molecular weight excluding hydrogens is 239 g/mol. The number of hydrogen-bond acceptors (Lipinski definition) is 5. The minimum absolute atomic E-state index is 0.196. The summed E-state index contributed by atoms with van der Waals surface area (Å²) >= 11 is 1.24. The maximum Gasteiger partial charge on any atom is 0.238 e. The van der Waals surface area contributed by atoms with Crippen LogP contribution < -0.4 is 11.3 Å². The van der Waals surface area contributed by atoms with Crippen LogP contribution in [-0.4, -0.2) is 9.97 Å². The number of benzene rings is 1. The lowest BCUT2D eigenvalue weighted by Gasteiger charge is -2.04. The second-order valence-corrected chi connectivity index (χ2v) is 4.47. The van der Waals surface area contributed by atoms with E-state index in [0.29, 0.717) is 0 Å². The number of hydrazine groups is 1. The summed E-state index contributed by atoms with van der Waals surface area (Å²) in [7, 11) is 0. The summed E-state index contributed by atoms with van der Waals surface area (Å²) in [6, 6.07) is 7.75. The van der Waals surface area contributed by atoms with E-state index in [-0.39, 0.29) is 11.0 Å². The highest BCUT2D eigenvalue weighted by Gasteiger charge is 2.08. The van der Waals surface area contributed by atoms with E-state index >= 15 is 0 Å². The van der Waals surface area contributed by atoms with Crippen molar-refractivity contribution < 1.29 is 4.39 Å². The summed E-state index contributed by atoms with van der Waals surface area (Å²) in [5, 5.41) is 0.249. The first-order valence-corrected chi connectivity index (χ1v) is 5.74. The Hall–Kier alpha value is -1.66. The monoisotopic (exact) mass is 250 g/mol. The first-order valence-electron chi connectivity index (χ1n) is 4.92. The van der Waals surface area contributed by atoms with Gasteiger partial charge in [0, 0.05) is 4.90 Å². The number of nitrogen functional groups attached to an aromatic ring is 1. The molecule has 1 aromatic carbocycles. The molecule has 0 atom stereocenters.